The van der Waals surface area contributed by atoms with E-state index >= 15 is 0 Å². The molecule has 1 saturated carbocycles. The van der Waals surface area contributed by atoms with Gasteiger partial charge < -0.3 is 10.2 Å². The zero-order chi connectivity index (χ0) is 20.9. The number of amides is 1. The van der Waals surface area contributed by atoms with Crippen LogP contribution in [0, 0.1) is 0 Å². The molecule has 7 heteroatoms. The van der Waals surface area contributed by atoms with Gasteiger partial charge in [0, 0.05) is 30.7 Å². The lowest BCUT2D eigenvalue weighted by Crippen LogP contribution is -2.53. The molecule has 0 bridgehead atoms. The Labute approximate surface area is 175 Å². The maximum Gasteiger partial charge on any atom is 0.251 e. The highest BCUT2D eigenvalue weighted by atomic mass is 32.2. The van der Waals surface area contributed by atoms with Crippen molar-refractivity contribution >= 4 is 15.9 Å². The minimum Gasteiger partial charge on any atom is -0.350 e. The van der Waals surface area contributed by atoms with Gasteiger partial charge in [-0.15, -0.1) is 0 Å². The Morgan fingerprint density at radius 3 is 2.07 bits per heavy atom. The van der Waals surface area contributed by atoms with Crippen molar-refractivity contribution in [2.45, 2.75) is 68.2 Å². The maximum absolute atomic E-state index is 12.9. The lowest BCUT2D eigenvalue weighted by atomic mass is 9.80. The van der Waals surface area contributed by atoms with Crippen LogP contribution < -0.4 is 5.32 Å². The fourth-order valence-electron chi connectivity index (χ4n) is 4.55. The molecular weight excluding hydrogens is 386 g/mol. The van der Waals surface area contributed by atoms with Gasteiger partial charge in [-0.3, -0.25) is 4.79 Å². The number of rotatable bonds is 6. The van der Waals surface area contributed by atoms with Gasteiger partial charge in [-0.25, -0.2) is 8.42 Å². The molecule has 0 unspecified atom stereocenters. The van der Waals surface area contributed by atoms with Crippen LogP contribution in [0.5, 0.6) is 0 Å². The number of nitrogens with zero attached hydrogens (tertiary/aromatic N) is 2. The van der Waals surface area contributed by atoms with E-state index in [9.17, 15) is 13.2 Å². The summed E-state index contributed by atoms with van der Waals surface area (Å²) < 4.78 is 27.4. The smallest absolute Gasteiger partial charge is 0.251 e. The highest BCUT2D eigenvalue weighted by Gasteiger charge is 2.34. The molecule has 2 fully saturated rings. The molecule has 1 aromatic carbocycles. The van der Waals surface area contributed by atoms with Crippen molar-refractivity contribution in [2.75, 3.05) is 33.7 Å². The molecule has 0 aromatic heterocycles. The molecule has 1 heterocycles. The summed E-state index contributed by atoms with van der Waals surface area (Å²) in [4.78, 5) is 15.2. The van der Waals surface area contributed by atoms with Crippen molar-refractivity contribution in [3.05, 3.63) is 29.8 Å². The molecule has 3 rings (SSSR count). The summed E-state index contributed by atoms with van der Waals surface area (Å²) in [6, 6.07) is 6.39. The van der Waals surface area contributed by atoms with Crippen LogP contribution in [-0.4, -0.2) is 62.8 Å². The third-order valence-corrected chi connectivity index (χ3v) is 8.54. The molecular formula is C22H35N3O3S. The van der Waals surface area contributed by atoms with Crippen molar-refractivity contribution in [1.29, 1.82) is 0 Å². The first-order chi connectivity index (χ1) is 13.8. The molecule has 1 aliphatic heterocycles. The van der Waals surface area contributed by atoms with Gasteiger partial charge in [-0.2, -0.15) is 4.31 Å². The summed E-state index contributed by atoms with van der Waals surface area (Å²) in [6.07, 6.45) is 9.81. The van der Waals surface area contributed by atoms with Gasteiger partial charge in [0.25, 0.3) is 5.91 Å². The second-order valence-electron chi connectivity index (χ2n) is 8.70. The fourth-order valence-corrected chi connectivity index (χ4v) is 6.07. The number of carbonyl (C=O) groups excluding carboxylic acids is 1. The minimum absolute atomic E-state index is 0.0178. The van der Waals surface area contributed by atoms with Crippen LogP contribution in [0.3, 0.4) is 0 Å². The van der Waals surface area contributed by atoms with Crippen LogP contribution in [-0.2, 0) is 10.0 Å². The van der Waals surface area contributed by atoms with Crippen molar-refractivity contribution < 1.29 is 13.2 Å². The Kier molecular flexibility index (Phi) is 7.35. The molecule has 1 saturated heterocycles. The number of hydrogen-bond acceptors (Lipinski definition) is 4. The normalized spacial score (nSPS) is 20.9. The highest BCUT2D eigenvalue weighted by molar-refractivity contribution is 7.89. The Morgan fingerprint density at radius 2 is 1.52 bits per heavy atom. The lowest BCUT2D eigenvalue weighted by Gasteiger charge is -2.43. The molecule has 1 aliphatic carbocycles. The summed E-state index contributed by atoms with van der Waals surface area (Å²) in [5.74, 6) is -0.143. The first-order valence-corrected chi connectivity index (χ1v) is 12.4. The predicted molar refractivity (Wildman–Crippen MR) is 116 cm³/mol. The van der Waals surface area contributed by atoms with Crippen LogP contribution in [0.4, 0.5) is 0 Å². The van der Waals surface area contributed by atoms with Gasteiger partial charge in [0.15, 0.2) is 0 Å². The number of sulfonamides is 1. The number of benzene rings is 1. The Bertz CT molecular complexity index is 776. The summed E-state index contributed by atoms with van der Waals surface area (Å²) in [5, 5.41) is 3.08. The SMILES string of the molecule is CN(C)C1(CNC(=O)c2ccc(S(=O)(=O)N3CCCCCC3)cc2)CCCCC1. The molecule has 0 radical (unpaired) electrons. The van der Waals surface area contributed by atoms with Gasteiger partial charge in [-0.05, 0) is 64.0 Å². The first kappa shape index (κ1) is 22.2. The van der Waals surface area contributed by atoms with E-state index in [0.29, 0.717) is 25.2 Å². The third kappa shape index (κ3) is 5.19. The molecule has 1 N–H and O–H groups in total. The largest absolute Gasteiger partial charge is 0.350 e. The number of likely N-dealkylation sites (N-methyl/N-ethyl adjacent to an activating group) is 1. The van der Waals surface area contributed by atoms with E-state index in [-0.39, 0.29) is 16.3 Å². The van der Waals surface area contributed by atoms with Crippen LogP contribution in [0.1, 0.15) is 68.1 Å². The first-order valence-electron chi connectivity index (χ1n) is 10.9. The molecule has 6 nitrogen and oxygen atoms in total. The van der Waals surface area contributed by atoms with Crippen molar-refractivity contribution in [3.63, 3.8) is 0 Å². The molecule has 0 atom stereocenters. The molecule has 1 aromatic rings. The Hall–Kier alpha value is -1.44. The van der Waals surface area contributed by atoms with Gasteiger partial charge >= 0.3 is 0 Å². The van der Waals surface area contributed by atoms with Crippen LogP contribution in [0.2, 0.25) is 0 Å². The maximum atomic E-state index is 12.9. The van der Waals surface area contributed by atoms with Crippen molar-refractivity contribution in [3.8, 4) is 0 Å². The monoisotopic (exact) mass is 421 g/mol. The van der Waals surface area contributed by atoms with Crippen LogP contribution in [0.25, 0.3) is 0 Å². The highest BCUT2D eigenvalue weighted by Crippen LogP contribution is 2.31. The summed E-state index contributed by atoms with van der Waals surface area (Å²) in [6.45, 7) is 1.78. The van der Waals surface area contributed by atoms with E-state index in [1.807, 2.05) is 0 Å². The van der Waals surface area contributed by atoms with Crippen molar-refractivity contribution in [1.82, 2.24) is 14.5 Å². The van der Waals surface area contributed by atoms with Gasteiger partial charge in [0.1, 0.15) is 0 Å². The molecule has 29 heavy (non-hydrogen) atoms. The number of nitrogens with one attached hydrogen (secondary N) is 1. The molecule has 1 amide bonds. The van der Waals surface area contributed by atoms with Crippen LogP contribution in [0.15, 0.2) is 29.2 Å². The van der Waals surface area contributed by atoms with Crippen LogP contribution >= 0.6 is 0 Å². The second kappa shape index (κ2) is 9.58. The predicted octanol–water partition coefficient (Wildman–Crippen LogP) is 3.25. The lowest BCUT2D eigenvalue weighted by molar-refractivity contribution is 0.0799. The summed E-state index contributed by atoms with van der Waals surface area (Å²) >= 11 is 0. The van der Waals surface area contributed by atoms with Gasteiger partial charge in [0.2, 0.25) is 10.0 Å². The van der Waals surface area contributed by atoms with E-state index in [1.165, 1.54) is 19.3 Å². The van der Waals surface area contributed by atoms with E-state index in [1.54, 1.807) is 28.6 Å². The average molecular weight is 422 g/mol. The topological polar surface area (TPSA) is 69.7 Å². The number of hydrogen-bond donors (Lipinski definition) is 1. The van der Waals surface area contributed by atoms with Gasteiger partial charge in [0.05, 0.1) is 4.90 Å². The quantitative estimate of drug-likeness (QED) is 0.766. The summed E-state index contributed by atoms with van der Waals surface area (Å²) in [7, 11) is 0.683. The molecule has 2 aliphatic rings. The minimum atomic E-state index is -3.48. The average Bonchev–Trinajstić information content (AvgIpc) is 3.03. The number of carbonyl (C=O) groups is 1. The molecule has 0 spiro atoms. The zero-order valence-electron chi connectivity index (χ0n) is 17.8. The Balaban J connectivity index is 1.65. The molecule has 162 valence electrons. The Morgan fingerprint density at radius 1 is 0.966 bits per heavy atom. The van der Waals surface area contributed by atoms with E-state index in [2.05, 4.69) is 24.3 Å². The van der Waals surface area contributed by atoms with E-state index in [4.69, 9.17) is 0 Å². The standard InChI is InChI=1S/C22H35N3O3S/c1-24(2)22(14-6-5-7-15-22)18-23-21(26)19-10-12-20(13-11-19)29(27,28)25-16-8-3-4-9-17-25/h10-13H,3-9,14-18H2,1-2H3,(H,23,26). The second-order valence-corrected chi connectivity index (χ2v) is 10.6. The van der Waals surface area contributed by atoms with Gasteiger partial charge in [-0.1, -0.05) is 32.1 Å². The third-order valence-electron chi connectivity index (χ3n) is 6.63. The van der Waals surface area contributed by atoms with Crippen molar-refractivity contribution in [2.24, 2.45) is 0 Å². The summed E-state index contributed by atoms with van der Waals surface area (Å²) in [5.41, 5.74) is 0.522. The fraction of sp³-hybridized carbons (Fsp3) is 0.682. The zero-order valence-corrected chi connectivity index (χ0v) is 18.6. The van der Waals surface area contributed by atoms with E-state index < -0.39 is 10.0 Å². The van der Waals surface area contributed by atoms with E-state index in [0.717, 1.165) is 38.5 Å².